The minimum atomic E-state index is -0.509. The standard InChI is InChI=1S/C16H13N5O3/c1-20-10-17-19-15(20)13-4-2-3-5-14(13)18-16(22)11-6-8-12(9-7-11)21(23)24/h2-10H,1H3,(H,18,22). The number of nitro benzene ring substituents is 1. The maximum absolute atomic E-state index is 12.4. The molecule has 3 rings (SSSR count). The minimum absolute atomic E-state index is 0.0639. The van der Waals surface area contributed by atoms with Crippen molar-refractivity contribution < 1.29 is 9.72 Å². The van der Waals surface area contributed by atoms with Crippen molar-refractivity contribution in [3.63, 3.8) is 0 Å². The van der Waals surface area contributed by atoms with Crippen molar-refractivity contribution in [2.45, 2.75) is 0 Å². The number of nitro groups is 1. The van der Waals surface area contributed by atoms with Crippen LogP contribution in [0.1, 0.15) is 10.4 Å². The summed E-state index contributed by atoms with van der Waals surface area (Å²) in [5.74, 6) is 0.258. The van der Waals surface area contributed by atoms with Crippen LogP contribution in [0.25, 0.3) is 11.4 Å². The molecule has 120 valence electrons. The van der Waals surface area contributed by atoms with E-state index in [0.29, 0.717) is 17.1 Å². The molecule has 8 heteroatoms. The number of benzene rings is 2. The minimum Gasteiger partial charge on any atom is -0.321 e. The molecule has 1 N–H and O–H groups in total. The van der Waals surface area contributed by atoms with E-state index in [0.717, 1.165) is 5.56 Å². The average molecular weight is 323 g/mol. The van der Waals surface area contributed by atoms with Gasteiger partial charge in [0.2, 0.25) is 0 Å². The summed E-state index contributed by atoms with van der Waals surface area (Å²) < 4.78 is 1.75. The summed E-state index contributed by atoms with van der Waals surface area (Å²) >= 11 is 0. The van der Waals surface area contributed by atoms with Gasteiger partial charge in [0, 0.05) is 30.3 Å². The predicted molar refractivity (Wildman–Crippen MR) is 87.5 cm³/mol. The monoisotopic (exact) mass is 323 g/mol. The number of nitrogens with one attached hydrogen (secondary N) is 1. The van der Waals surface area contributed by atoms with E-state index in [4.69, 9.17) is 0 Å². The number of hydrogen-bond donors (Lipinski definition) is 1. The van der Waals surface area contributed by atoms with Crippen LogP contribution in [0.15, 0.2) is 54.9 Å². The van der Waals surface area contributed by atoms with Gasteiger partial charge in [0.1, 0.15) is 6.33 Å². The SMILES string of the molecule is Cn1cnnc1-c1ccccc1NC(=O)c1ccc([N+](=O)[O-])cc1. The number of hydrogen-bond acceptors (Lipinski definition) is 5. The zero-order valence-electron chi connectivity index (χ0n) is 12.7. The first-order valence-electron chi connectivity index (χ1n) is 7.05. The maximum Gasteiger partial charge on any atom is 0.269 e. The van der Waals surface area contributed by atoms with Gasteiger partial charge in [-0.3, -0.25) is 14.9 Å². The number of anilines is 1. The third kappa shape index (κ3) is 2.98. The lowest BCUT2D eigenvalue weighted by Crippen LogP contribution is -2.13. The maximum atomic E-state index is 12.4. The smallest absolute Gasteiger partial charge is 0.269 e. The van der Waals surface area contributed by atoms with Crippen molar-refractivity contribution in [3.05, 3.63) is 70.5 Å². The van der Waals surface area contributed by atoms with Gasteiger partial charge >= 0.3 is 0 Å². The van der Waals surface area contributed by atoms with E-state index in [1.807, 2.05) is 19.2 Å². The molecule has 1 aromatic heterocycles. The molecular weight excluding hydrogens is 310 g/mol. The fraction of sp³-hybridized carbons (Fsp3) is 0.0625. The molecule has 0 aliphatic carbocycles. The van der Waals surface area contributed by atoms with E-state index in [1.165, 1.54) is 24.3 Å². The Kier molecular flexibility index (Phi) is 4.02. The Morgan fingerprint density at radius 3 is 2.50 bits per heavy atom. The van der Waals surface area contributed by atoms with Crippen LogP contribution in [-0.2, 0) is 7.05 Å². The summed E-state index contributed by atoms with van der Waals surface area (Å²) in [4.78, 5) is 22.5. The number of aromatic nitrogens is 3. The van der Waals surface area contributed by atoms with Crippen molar-refractivity contribution in [2.24, 2.45) is 7.05 Å². The fourth-order valence-electron chi connectivity index (χ4n) is 2.24. The van der Waals surface area contributed by atoms with Gasteiger partial charge in [0.05, 0.1) is 10.6 Å². The van der Waals surface area contributed by atoms with Crippen LogP contribution in [0.5, 0.6) is 0 Å². The van der Waals surface area contributed by atoms with Crippen LogP contribution < -0.4 is 5.32 Å². The molecule has 2 aromatic carbocycles. The summed E-state index contributed by atoms with van der Waals surface area (Å²) in [5.41, 5.74) is 1.57. The van der Waals surface area contributed by atoms with Crippen LogP contribution >= 0.6 is 0 Å². The van der Waals surface area contributed by atoms with E-state index < -0.39 is 4.92 Å². The molecule has 0 aliphatic rings. The Balaban J connectivity index is 1.87. The number of carbonyl (C=O) groups is 1. The number of non-ortho nitro benzene ring substituents is 1. The molecule has 0 atom stereocenters. The highest BCUT2D eigenvalue weighted by atomic mass is 16.6. The molecule has 0 fully saturated rings. The Morgan fingerprint density at radius 1 is 1.17 bits per heavy atom. The van der Waals surface area contributed by atoms with Crippen LogP contribution in [0, 0.1) is 10.1 Å². The number of carbonyl (C=O) groups excluding carboxylic acids is 1. The summed E-state index contributed by atoms with van der Waals surface area (Å²) in [6.07, 6.45) is 1.57. The van der Waals surface area contributed by atoms with Crippen LogP contribution in [0.2, 0.25) is 0 Å². The third-order valence-corrected chi connectivity index (χ3v) is 3.47. The molecular formula is C16H13N5O3. The molecule has 1 heterocycles. The number of aryl methyl sites for hydroxylation is 1. The molecule has 0 unspecified atom stereocenters. The first-order chi connectivity index (χ1) is 11.6. The summed E-state index contributed by atoms with van der Waals surface area (Å²) in [5, 5.41) is 21.4. The molecule has 8 nitrogen and oxygen atoms in total. The van der Waals surface area contributed by atoms with Crippen molar-refractivity contribution in [1.29, 1.82) is 0 Å². The van der Waals surface area contributed by atoms with Gasteiger partial charge in [-0.05, 0) is 24.3 Å². The summed E-state index contributed by atoms with van der Waals surface area (Å²) in [7, 11) is 1.81. The molecule has 0 saturated carbocycles. The lowest BCUT2D eigenvalue weighted by molar-refractivity contribution is -0.384. The fourth-order valence-corrected chi connectivity index (χ4v) is 2.24. The molecule has 3 aromatic rings. The quantitative estimate of drug-likeness (QED) is 0.587. The molecule has 1 amide bonds. The van der Waals surface area contributed by atoms with Gasteiger partial charge in [-0.25, -0.2) is 0 Å². The summed E-state index contributed by atoms with van der Waals surface area (Å²) in [6.45, 7) is 0. The lowest BCUT2D eigenvalue weighted by atomic mass is 10.1. The van der Waals surface area contributed by atoms with Crippen LogP contribution in [0.4, 0.5) is 11.4 Å². The van der Waals surface area contributed by atoms with Crippen molar-refractivity contribution in [3.8, 4) is 11.4 Å². The van der Waals surface area contributed by atoms with Crippen LogP contribution in [-0.4, -0.2) is 25.6 Å². The van der Waals surface area contributed by atoms with Gasteiger partial charge in [0.25, 0.3) is 11.6 Å². The van der Waals surface area contributed by atoms with E-state index in [-0.39, 0.29) is 11.6 Å². The topological polar surface area (TPSA) is 103 Å². The molecule has 0 saturated heterocycles. The Bertz CT molecular complexity index is 902. The van der Waals surface area contributed by atoms with Crippen molar-refractivity contribution in [1.82, 2.24) is 14.8 Å². The van der Waals surface area contributed by atoms with Gasteiger partial charge in [0.15, 0.2) is 5.82 Å². The second kappa shape index (κ2) is 6.29. The number of para-hydroxylation sites is 1. The highest BCUT2D eigenvalue weighted by molar-refractivity contribution is 6.06. The van der Waals surface area contributed by atoms with Gasteiger partial charge in [-0.1, -0.05) is 12.1 Å². The highest BCUT2D eigenvalue weighted by Crippen LogP contribution is 2.26. The van der Waals surface area contributed by atoms with Gasteiger partial charge < -0.3 is 9.88 Å². The third-order valence-electron chi connectivity index (χ3n) is 3.47. The summed E-state index contributed by atoms with van der Waals surface area (Å²) in [6, 6.07) is 12.6. The van der Waals surface area contributed by atoms with Crippen LogP contribution in [0.3, 0.4) is 0 Å². The van der Waals surface area contributed by atoms with E-state index in [1.54, 1.807) is 23.0 Å². The molecule has 0 spiro atoms. The normalized spacial score (nSPS) is 10.4. The second-order valence-corrected chi connectivity index (χ2v) is 5.07. The average Bonchev–Trinajstić information content (AvgIpc) is 3.01. The molecule has 24 heavy (non-hydrogen) atoms. The van der Waals surface area contributed by atoms with Gasteiger partial charge in [-0.15, -0.1) is 10.2 Å². The largest absolute Gasteiger partial charge is 0.321 e. The first-order valence-corrected chi connectivity index (χ1v) is 7.05. The highest BCUT2D eigenvalue weighted by Gasteiger charge is 2.14. The molecule has 0 aliphatic heterocycles. The second-order valence-electron chi connectivity index (χ2n) is 5.07. The van der Waals surface area contributed by atoms with E-state index >= 15 is 0 Å². The van der Waals surface area contributed by atoms with Crippen molar-refractivity contribution >= 4 is 17.3 Å². The Hall–Kier alpha value is -3.55. The van der Waals surface area contributed by atoms with Crippen molar-refractivity contribution in [2.75, 3.05) is 5.32 Å². The molecule has 0 radical (unpaired) electrons. The Labute approximate surface area is 136 Å². The number of rotatable bonds is 4. The number of amides is 1. The zero-order chi connectivity index (χ0) is 17.1. The number of nitrogens with zero attached hydrogens (tertiary/aromatic N) is 4. The Morgan fingerprint density at radius 2 is 1.88 bits per heavy atom. The first kappa shape index (κ1) is 15.3. The lowest BCUT2D eigenvalue weighted by Gasteiger charge is -2.10. The van der Waals surface area contributed by atoms with E-state index in [2.05, 4.69) is 15.5 Å². The van der Waals surface area contributed by atoms with Gasteiger partial charge in [-0.2, -0.15) is 0 Å². The van der Waals surface area contributed by atoms with E-state index in [9.17, 15) is 14.9 Å². The predicted octanol–water partition coefficient (Wildman–Crippen LogP) is 2.64. The zero-order valence-corrected chi connectivity index (χ0v) is 12.7. The molecule has 0 bridgehead atoms.